The molecule has 0 spiro atoms. The lowest BCUT2D eigenvalue weighted by atomic mass is 9.88. The number of phenols is 4. The summed E-state index contributed by atoms with van der Waals surface area (Å²) in [6.07, 6.45) is 5.73. The Hall–Kier alpha value is -7.06. The summed E-state index contributed by atoms with van der Waals surface area (Å²) >= 11 is 0. The van der Waals surface area contributed by atoms with Crippen molar-refractivity contribution in [2.75, 3.05) is 0 Å². The molecular weight excluding hydrogens is 721 g/mol. The molecule has 0 aliphatic rings. The van der Waals surface area contributed by atoms with Crippen LogP contribution < -0.4 is 0 Å². The van der Waals surface area contributed by atoms with Crippen LogP contribution in [0.25, 0.3) is 43.6 Å². The van der Waals surface area contributed by atoms with Crippen LogP contribution in [0, 0.1) is 0 Å². The maximum Gasteiger partial charge on any atom is 0.141 e. The molecule has 4 aromatic heterocycles. The predicted octanol–water partition coefficient (Wildman–Crippen LogP) is 9.84. The second kappa shape index (κ2) is 15.8. The highest BCUT2D eigenvalue weighted by Gasteiger charge is 2.15. The topological polar surface area (TPSA) is 132 Å². The van der Waals surface area contributed by atoms with Gasteiger partial charge in [0.15, 0.2) is 0 Å². The fourth-order valence-electron chi connectivity index (χ4n) is 8.02. The van der Waals surface area contributed by atoms with E-state index in [-0.39, 0.29) is 23.0 Å². The molecule has 0 unspecified atom stereocenters. The van der Waals surface area contributed by atoms with Crippen molar-refractivity contribution in [1.29, 1.82) is 0 Å². The minimum absolute atomic E-state index is 0.173. The van der Waals surface area contributed by atoms with Crippen LogP contribution in [0.3, 0.4) is 0 Å². The molecule has 5 aromatic carbocycles. The number of hydrogen-bond acceptors (Lipinski definition) is 8. The third kappa shape index (κ3) is 7.69. The van der Waals surface area contributed by atoms with Crippen LogP contribution in [0.4, 0.5) is 0 Å². The molecule has 58 heavy (non-hydrogen) atoms. The van der Waals surface area contributed by atoms with Gasteiger partial charge in [-0.1, -0.05) is 84.9 Å². The lowest BCUT2D eigenvalue weighted by Gasteiger charge is -2.18. The maximum absolute atomic E-state index is 10.6. The molecular formula is C50H42N4O4. The van der Waals surface area contributed by atoms with Crippen LogP contribution in [0.5, 0.6) is 23.0 Å². The Morgan fingerprint density at radius 1 is 0.276 bits per heavy atom. The summed E-state index contributed by atoms with van der Waals surface area (Å²) in [7, 11) is 0. The number of nitrogens with zero attached hydrogens (tertiary/aromatic N) is 4. The zero-order chi connectivity index (χ0) is 39.6. The molecule has 0 fully saturated rings. The van der Waals surface area contributed by atoms with Gasteiger partial charge in [0.25, 0.3) is 0 Å². The molecule has 0 amide bonds. The van der Waals surface area contributed by atoms with Crippen molar-refractivity contribution in [3.05, 3.63) is 178 Å². The van der Waals surface area contributed by atoms with E-state index in [0.717, 1.165) is 70.0 Å². The monoisotopic (exact) mass is 762 g/mol. The zero-order valence-electron chi connectivity index (χ0n) is 31.9. The van der Waals surface area contributed by atoms with Crippen LogP contribution in [0.1, 0.15) is 45.0 Å². The first-order valence-corrected chi connectivity index (χ1v) is 19.8. The van der Waals surface area contributed by atoms with Crippen molar-refractivity contribution in [3.63, 3.8) is 0 Å². The van der Waals surface area contributed by atoms with Gasteiger partial charge in [-0.15, -0.1) is 0 Å². The smallest absolute Gasteiger partial charge is 0.141 e. The van der Waals surface area contributed by atoms with Crippen LogP contribution in [-0.2, 0) is 51.4 Å². The van der Waals surface area contributed by atoms with Crippen molar-refractivity contribution in [2.24, 2.45) is 0 Å². The number of fused-ring (bicyclic) bond motifs is 4. The maximum atomic E-state index is 10.6. The Bertz CT molecular complexity index is 2580. The summed E-state index contributed by atoms with van der Waals surface area (Å²) in [6.45, 7) is 0. The zero-order valence-corrected chi connectivity index (χ0v) is 31.9. The van der Waals surface area contributed by atoms with Crippen LogP contribution in [0.2, 0.25) is 0 Å². The minimum Gasteiger partial charge on any atom is -0.506 e. The Kier molecular flexibility index (Phi) is 9.98. The first-order valence-electron chi connectivity index (χ1n) is 19.8. The average Bonchev–Trinajstić information content (AvgIpc) is 3.24. The van der Waals surface area contributed by atoms with Gasteiger partial charge in [0.2, 0.25) is 0 Å². The van der Waals surface area contributed by atoms with E-state index in [0.29, 0.717) is 47.8 Å². The van der Waals surface area contributed by atoms with Gasteiger partial charge in [0, 0.05) is 44.3 Å². The molecule has 8 nitrogen and oxygen atoms in total. The molecule has 8 heteroatoms. The van der Waals surface area contributed by atoms with Gasteiger partial charge in [0.05, 0.1) is 0 Å². The van der Waals surface area contributed by atoms with E-state index < -0.39 is 0 Å². The number of aromatic nitrogens is 4. The average molecular weight is 763 g/mol. The van der Waals surface area contributed by atoms with E-state index in [1.54, 1.807) is 24.3 Å². The largest absolute Gasteiger partial charge is 0.506 e. The highest BCUT2D eigenvalue weighted by atomic mass is 16.3. The van der Waals surface area contributed by atoms with Crippen molar-refractivity contribution in [3.8, 4) is 23.0 Å². The summed E-state index contributed by atoms with van der Waals surface area (Å²) in [5.74, 6) is 0.694. The van der Waals surface area contributed by atoms with Gasteiger partial charge in [0.1, 0.15) is 45.1 Å². The second-order valence-electron chi connectivity index (χ2n) is 15.0. The highest BCUT2D eigenvalue weighted by molar-refractivity contribution is 5.86. The van der Waals surface area contributed by atoms with E-state index in [1.165, 1.54) is 22.3 Å². The van der Waals surface area contributed by atoms with Gasteiger partial charge in [-0.05, 0) is 122 Å². The molecule has 0 aliphatic heterocycles. The molecule has 286 valence electrons. The van der Waals surface area contributed by atoms with Crippen molar-refractivity contribution in [2.45, 2.75) is 51.4 Å². The number of phenolic OH excluding ortho intramolecular Hbond substituents is 4. The molecule has 0 bridgehead atoms. The molecule has 4 heterocycles. The quantitative estimate of drug-likeness (QED) is 0.0968. The first-order chi connectivity index (χ1) is 28.3. The van der Waals surface area contributed by atoms with E-state index in [2.05, 4.69) is 12.1 Å². The summed E-state index contributed by atoms with van der Waals surface area (Å²) < 4.78 is 0. The summed E-state index contributed by atoms with van der Waals surface area (Å²) in [4.78, 5) is 19.4. The number of hydrogen-bond donors (Lipinski definition) is 4. The fraction of sp³-hybridized carbons (Fsp3) is 0.160. The number of pyridine rings is 4. The van der Waals surface area contributed by atoms with Crippen LogP contribution in [0.15, 0.2) is 133 Å². The van der Waals surface area contributed by atoms with Crippen LogP contribution in [-0.4, -0.2) is 40.4 Å². The van der Waals surface area contributed by atoms with Crippen molar-refractivity contribution in [1.82, 2.24) is 19.9 Å². The Labute approximate surface area is 335 Å². The van der Waals surface area contributed by atoms with E-state index in [4.69, 9.17) is 19.9 Å². The summed E-state index contributed by atoms with van der Waals surface area (Å²) in [5, 5.41) is 45.8. The standard InChI is InChI=1S/C50H42N4O4/c55-43-9-1-5-31-13-21-39(51-47(31)43)25-17-35-29-37(19-27-41-23-15-33-7-3-11-45(57)49(33)53-41)38(20-28-42-24-16-34-8-4-12-46(58)50(34)54-42)30-36(35)18-26-40-22-14-32-6-2-10-44(56)48(32)52-40/h1-16,21-24,29-30,55-58H,17-20,25-28H2. The number of benzene rings is 5. The molecule has 0 aliphatic carbocycles. The van der Waals surface area contributed by atoms with E-state index in [1.807, 2.05) is 97.1 Å². The summed E-state index contributed by atoms with van der Waals surface area (Å²) in [5.41, 5.74) is 10.9. The first kappa shape index (κ1) is 36.6. The van der Waals surface area contributed by atoms with Gasteiger partial charge in [-0.3, -0.25) is 0 Å². The number of aromatic hydroxyl groups is 4. The molecule has 4 N–H and O–H groups in total. The predicted molar refractivity (Wildman–Crippen MR) is 230 cm³/mol. The number of rotatable bonds is 12. The second-order valence-corrected chi connectivity index (χ2v) is 15.0. The lowest BCUT2D eigenvalue weighted by molar-refractivity contribution is 0.479. The fourth-order valence-corrected chi connectivity index (χ4v) is 8.02. The molecule has 9 rings (SSSR count). The highest BCUT2D eigenvalue weighted by Crippen LogP contribution is 2.29. The lowest BCUT2D eigenvalue weighted by Crippen LogP contribution is -2.08. The third-order valence-corrected chi connectivity index (χ3v) is 11.2. The third-order valence-electron chi connectivity index (χ3n) is 11.2. The Morgan fingerprint density at radius 2 is 0.517 bits per heavy atom. The van der Waals surface area contributed by atoms with Gasteiger partial charge < -0.3 is 20.4 Å². The number of para-hydroxylation sites is 4. The van der Waals surface area contributed by atoms with Crippen molar-refractivity contribution < 1.29 is 20.4 Å². The molecule has 0 atom stereocenters. The van der Waals surface area contributed by atoms with Gasteiger partial charge in [-0.2, -0.15) is 0 Å². The number of aryl methyl sites for hydroxylation is 8. The van der Waals surface area contributed by atoms with Crippen LogP contribution >= 0.6 is 0 Å². The van der Waals surface area contributed by atoms with E-state index >= 15 is 0 Å². The molecule has 9 aromatic rings. The minimum atomic E-state index is 0.173. The molecule has 0 saturated carbocycles. The summed E-state index contributed by atoms with van der Waals surface area (Å²) in [6, 6.07) is 42.7. The molecule has 0 saturated heterocycles. The normalized spacial score (nSPS) is 11.6. The van der Waals surface area contributed by atoms with Gasteiger partial charge >= 0.3 is 0 Å². The Morgan fingerprint density at radius 3 is 0.759 bits per heavy atom. The SMILES string of the molecule is Oc1cccc2ccc(CCc3cc(CCc4ccc5cccc(O)c5n4)c(CCc4ccc5cccc(O)c5n4)cc3CCc3ccc4cccc(O)c4n3)nc12. The Balaban J connectivity index is 1.08. The van der Waals surface area contributed by atoms with Crippen molar-refractivity contribution >= 4 is 43.6 Å². The van der Waals surface area contributed by atoms with E-state index in [9.17, 15) is 20.4 Å². The molecule has 0 radical (unpaired) electrons. The van der Waals surface area contributed by atoms with Gasteiger partial charge in [-0.25, -0.2) is 19.9 Å².